The van der Waals surface area contributed by atoms with Crippen molar-refractivity contribution in [3.63, 3.8) is 0 Å². The van der Waals surface area contributed by atoms with Gasteiger partial charge in [0.05, 0.1) is 16.3 Å². The molecule has 0 aromatic heterocycles. The average molecular weight is 300 g/mol. The Hall–Kier alpha value is -1.80. The highest BCUT2D eigenvalue weighted by Gasteiger charge is 2.26. The second-order valence-corrected chi connectivity index (χ2v) is 6.63. The van der Waals surface area contributed by atoms with Gasteiger partial charge in [0.2, 0.25) is 15.9 Å². The van der Waals surface area contributed by atoms with Crippen LogP contribution in [0, 0.1) is 0 Å². The van der Waals surface area contributed by atoms with Gasteiger partial charge in [0.1, 0.15) is 5.54 Å². The van der Waals surface area contributed by atoms with Gasteiger partial charge in [-0.3, -0.25) is 4.79 Å². The highest BCUT2D eigenvalue weighted by Crippen LogP contribution is 2.25. The fraction of sp³-hybridized carbons (Fsp3) is 0.417. The quantitative estimate of drug-likeness (QED) is 0.560. The predicted molar refractivity (Wildman–Crippen MR) is 78.6 cm³/mol. The maximum Gasteiger partial charge on any atom is 0.242 e. The van der Waals surface area contributed by atoms with Crippen LogP contribution >= 0.6 is 0 Å². The van der Waals surface area contributed by atoms with Crippen LogP contribution in [-0.4, -0.2) is 26.4 Å². The number of hydrogen-bond acceptors (Lipinski definition) is 5. The minimum absolute atomic E-state index is 0.0660. The van der Waals surface area contributed by atoms with Gasteiger partial charge in [0.15, 0.2) is 0 Å². The predicted octanol–water partition coefficient (Wildman–Crippen LogP) is 0.243. The van der Waals surface area contributed by atoms with Gasteiger partial charge in [-0.15, -0.1) is 0 Å². The minimum atomic E-state index is -3.59. The zero-order chi connectivity index (χ0) is 15.6. The topological polar surface area (TPSA) is 127 Å². The summed E-state index contributed by atoms with van der Waals surface area (Å²) in [5.74, 6) is -0.572. The van der Waals surface area contributed by atoms with Crippen LogP contribution in [-0.2, 0) is 14.8 Å². The molecule has 0 unspecified atom stereocenters. The van der Waals surface area contributed by atoms with Crippen molar-refractivity contribution in [2.75, 3.05) is 17.6 Å². The van der Waals surface area contributed by atoms with E-state index in [0.717, 1.165) is 0 Å². The Labute approximate surface area is 118 Å². The van der Waals surface area contributed by atoms with Gasteiger partial charge in [-0.25, -0.2) is 13.1 Å². The third-order valence-corrected chi connectivity index (χ3v) is 4.28. The van der Waals surface area contributed by atoms with Crippen LogP contribution in [0.3, 0.4) is 0 Å². The Morgan fingerprint density at radius 2 is 1.95 bits per heavy atom. The fourth-order valence-corrected chi connectivity index (χ4v) is 2.55. The summed E-state index contributed by atoms with van der Waals surface area (Å²) in [6.07, 6.45) is 0. The van der Waals surface area contributed by atoms with Crippen molar-refractivity contribution in [3.05, 3.63) is 18.2 Å². The second kappa shape index (κ2) is 5.68. The SMILES string of the molecule is CCNS(=O)(=O)c1ccc(N)c(NC(C)(C)C(N)=O)c1. The molecule has 8 heteroatoms. The third-order valence-electron chi connectivity index (χ3n) is 2.73. The Balaban J connectivity index is 3.20. The van der Waals surface area contributed by atoms with Crippen LogP contribution in [0.4, 0.5) is 11.4 Å². The molecule has 1 aromatic rings. The number of nitrogens with two attached hydrogens (primary N) is 2. The number of carbonyl (C=O) groups excluding carboxylic acids is 1. The lowest BCUT2D eigenvalue weighted by atomic mass is 10.0. The summed E-state index contributed by atoms with van der Waals surface area (Å²) in [6, 6.07) is 4.23. The molecular formula is C12H20N4O3S. The van der Waals surface area contributed by atoms with E-state index in [1.807, 2.05) is 0 Å². The van der Waals surface area contributed by atoms with E-state index in [0.29, 0.717) is 11.4 Å². The molecule has 0 saturated heterocycles. The molecule has 1 aromatic carbocycles. The number of primary amides is 1. The van der Waals surface area contributed by atoms with E-state index < -0.39 is 21.5 Å². The monoisotopic (exact) mass is 300 g/mol. The molecule has 0 spiro atoms. The summed E-state index contributed by atoms with van der Waals surface area (Å²) < 4.78 is 26.2. The van der Waals surface area contributed by atoms with Crippen molar-refractivity contribution in [1.82, 2.24) is 4.72 Å². The molecule has 0 atom stereocenters. The number of sulfonamides is 1. The standard InChI is InChI=1S/C12H20N4O3S/c1-4-15-20(18,19)8-5-6-9(13)10(7-8)16-12(2,3)11(14)17/h5-7,15-16H,4,13H2,1-3H3,(H2,14,17). The van der Waals surface area contributed by atoms with E-state index in [2.05, 4.69) is 10.0 Å². The Bertz CT molecular complexity index is 611. The first-order valence-corrected chi connectivity index (χ1v) is 7.55. The van der Waals surface area contributed by atoms with Gasteiger partial charge in [0, 0.05) is 6.54 Å². The molecule has 112 valence electrons. The summed E-state index contributed by atoms with van der Waals surface area (Å²) in [5, 5.41) is 2.85. The normalized spacial score (nSPS) is 12.2. The lowest BCUT2D eigenvalue weighted by Crippen LogP contribution is -2.45. The number of anilines is 2. The largest absolute Gasteiger partial charge is 0.397 e. The Morgan fingerprint density at radius 1 is 1.35 bits per heavy atom. The number of nitrogens with one attached hydrogen (secondary N) is 2. The molecule has 0 aliphatic heterocycles. The first-order valence-electron chi connectivity index (χ1n) is 6.07. The summed E-state index contributed by atoms with van der Waals surface area (Å²) in [4.78, 5) is 11.4. The second-order valence-electron chi connectivity index (χ2n) is 4.86. The summed E-state index contributed by atoms with van der Waals surface area (Å²) in [6.45, 7) is 5.13. The lowest BCUT2D eigenvalue weighted by molar-refractivity contribution is -0.121. The van der Waals surface area contributed by atoms with Gasteiger partial charge in [-0.2, -0.15) is 0 Å². The molecule has 7 nitrogen and oxygen atoms in total. The van der Waals surface area contributed by atoms with Gasteiger partial charge in [-0.05, 0) is 32.0 Å². The molecule has 1 amide bonds. The first-order chi connectivity index (χ1) is 9.10. The van der Waals surface area contributed by atoms with Crippen LogP contribution in [0.1, 0.15) is 20.8 Å². The van der Waals surface area contributed by atoms with Crippen molar-refractivity contribution in [2.24, 2.45) is 5.73 Å². The van der Waals surface area contributed by atoms with E-state index in [-0.39, 0.29) is 11.4 Å². The van der Waals surface area contributed by atoms with Crippen LogP contribution in [0.15, 0.2) is 23.1 Å². The molecule has 0 bridgehead atoms. The van der Waals surface area contributed by atoms with E-state index >= 15 is 0 Å². The fourth-order valence-electron chi connectivity index (χ4n) is 1.48. The van der Waals surface area contributed by atoms with Crippen molar-refractivity contribution in [1.29, 1.82) is 0 Å². The molecule has 6 N–H and O–H groups in total. The molecule has 1 rings (SSSR count). The van der Waals surface area contributed by atoms with Crippen molar-refractivity contribution >= 4 is 27.3 Å². The van der Waals surface area contributed by atoms with Gasteiger partial charge in [-0.1, -0.05) is 6.92 Å². The summed E-state index contributed by atoms with van der Waals surface area (Å²) >= 11 is 0. The summed E-state index contributed by atoms with van der Waals surface area (Å²) in [5.41, 5.74) is 10.7. The van der Waals surface area contributed by atoms with E-state index in [1.54, 1.807) is 20.8 Å². The number of rotatable bonds is 6. The highest BCUT2D eigenvalue weighted by molar-refractivity contribution is 7.89. The summed E-state index contributed by atoms with van der Waals surface area (Å²) in [7, 11) is -3.59. The first kappa shape index (κ1) is 16.3. The maximum absolute atomic E-state index is 11.9. The van der Waals surface area contributed by atoms with Gasteiger partial charge < -0.3 is 16.8 Å². The average Bonchev–Trinajstić information content (AvgIpc) is 2.31. The van der Waals surface area contributed by atoms with Crippen molar-refractivity contribution < 1.29 is 13.2 Å². The zero-order valence-corrected chi connectivity index (χ0v) is 12.5. The molecule has 0 radical (unpaired) electrons. The Morgan fingerprint density at radius 3 is 2.45 bits per heavy atom. The molecule has 0 heterocycles. The third kappa shape index (κ3) is 3.61. The molecule has 0 saturated carbocycles. The smallest absolute Gasteiger partial charge is 0.242 e. The molecule has 0 aliphatic carbocycles. The van der Waals surface area contributed by atoms with Gasteiger partial charge >= 0.3 is 0 Å². The van der Waals surface area contributed by atoms with Crippen LogP contribution in [0.5, 0.6) is 0 Å². The molecule has 20 heavy (non-hydrogen) atoms. The van der Waals surface area contributed by atoms with Crippen molar-refractivity contribution in [3.8, 4) is 0 Å². The number of amides is 1. The Kier molecular flexibility index (Phi) is 4.61. The molecule has 0 fully saturated rings. The number of hydrogen-bond donors (Lipinski definition) is 4. The van der Waals surface area contributed by atoms with Gasteiger partial charge in [0.25, 0.3) is 0 Å². The number of nitrogen functional groups attached to an aromatic ring is 1. The molecular weight excluding hydrogens is 280 g/mol. The number of carbonyl (C=O) groups is 1. The maximum atomic E-state index is 11.9. The minimum Gasteiger partial charge on any atom is -0.397 e. The van der Waals surface area contributed by atoms with E-state index in [1.165, 1.54) is 18.2 Å². The number of benzene rings is 1. The van der Waals surface area contributed by atoms with Crippen LogP contribution in [0.25, 0.3) is 0 Å². The zero-order valence-electron chi connectivity index (χ0n) is 11.7. The van der Waals surface area contributed by atoms with Crippen LogP contribution in [0.2, 0.25) is 0 Å². The highest BCUT2D eigenvalue weighted by atomic mass is 32.2. The van der Waals surface area contributed by atoms with E-state index in [4.69, 9.17) is 11.5 Å². The van der Waals surface area contributed by atoms with Crippen molar-refractivity contribution in [2.45, 2.75) is 31.2 Å². The lowest BCUT2D eigenvalue weighted by Gasteiger charge is -2.25. The van der Waals surface area contributed by atoms with Crippen LogP contribution < -0.4 is 21.5 Å². The molecule has 0 aliphatic rings. The van der Waals surface area contributed by atoms with E-state index in [9.17, 15) is 13.2 Å².